The summed E-state index contributed by atoms with van der Waals surface area (Å²) < 4.78 is 62.5. The van der Waals surface area contributed by atoms with E-state index < -0.39 is 26.9 Å². The van der Waals surface area contributed by atoms with Crippen LogP contribution in [0.5, 0.6) is 5.75 Å². The number of pyridine rings is 1. The van der Waals surface area contributed by atoms with Gasteiger partial charge in [-0.1, -0.05) is 6.07 Å². The molecule has 5 nitrogen and oxygen atoms in total. The van der Waals surface area contributed by atoms with Crippen LogP contribution in [0.3, 0.4) is 0 Å². The predicted molar refractivity (Wildman–Crippen MR) is 60.2 cm³/mol. The van der Waals surface area contributed by atoms with Crippen molar-refractivity contribution in [3.05, 3.63) is 40.7 Å². The number of aromatic amines is 1. The smallest absolute Gasteiger partial charge is 0.375 e. The Morgan fingerprint density at radius 2 is 1.79 bits per heavy atom. The maximum Gasteiger partial charge on any atom is 0.534 e. The first-order valence-electron chi connectivity index (χ1n) is 4.83. The molecule has 0 atom stereocenters. The van der Waals surface area contributed by atoms with Crippen molar-refractivity contribution >= 4 is 21.0 Å². The van der Waals surface area contributed by atoms with Crippen molar-refractivity contribution in [1.29, 1.82) is 0 Å². The Balaban J connectivity index is 2.56. The molecule has 1 N–H and O–H groups in total. The van der Waals surface area contributed by atoms with Crippen LogP contribution in [-0.2, 0) is 10.1 Å². The molecule has 0 aliphatic rings. The maximum absolute atomic E-state index is 12.2. The summed E-state index contributed by atoms with van der Waals surface area (Å²) in [6.45, 7) is 0. The summed E-state index contributed by atoms with van der Waals surface area (Å²) in [6, 6.07) is 5.96. The van der Waals surface area contributed by atoms with E-state index in [1.807, 2.05) is 0 Å². The summed E-state index contributed by atoms with van der Waals surface area (Å²) >= 11 is 0. The van der Waals surface area contributed by atoms with Gasteiger partial charge >= 0.3 is 15.6 Å². The molecule has 0 fully saturated rings. The van der Waals surface area contributed by atoms with Crippen LogP contribution in [0.25, 0.3) is 10.9 Å². The highest BCUT2D eigenvalue weighted by Gasteiger charge is 2.48. The highest BCUT2D eigenvalue weighted by molar-refractivity contribution is 7.88. The highest BCUT2D eigenvalue weighted by atomic mass is 32.2. The van der Waals surface area contributed by atoms with Gasteiger partial charge in [-0.25, -0.2) is 0 Å². The van der Waals surface area contributed by atoms with Crippen molar-refractivity contribution in [1.82, 2.24) is 4.98 Å². The molecule has 0 radical (unpaired) electrons. The second-order valence-corrected chi connectivity index (χ2v) is 5.06. The number of hydrogen-bond donors (Lipinski definition) is 1. The fraction of sp³-hybridized carbons (Fsp3) is 0.100. The van der Waals surface area contributed by atoms with Crippen LogP contribution in [0.2, 0.25) is 0 Å². The Kier molecular flexibility index (Phi) is 3.01. The summed E-state index contributed by atoms with van der Waals surface area (Å²) in [5.41, 5.74) is -5.82. The van der Waals surface area contributed by atoms with Crippen LogP contribution in [0.1, 0.15) is 0 Å². The molecule has 102 valence electrons. The van der Waals surface area contributed by atoms with Gasteiger partial charge in [0.05, 0.1) is 5.52 Å². The Bertz CT molecular complexity index is 779. The molecule has 0 bridgehead atoms. The van der Waals surface area contributed by atoms with E-state index in [9.17, 15) is 26.4 Å². The minimum Gasteiger partial charge on any atom is -0.375 e. The van der Waals surface area contributed by atoms with Crippen LogP contribution in [-0.4, -0.2) is 18.9 Å². The van der Waals surface area contributed by atoms with Gasteiger partial charge in [0.1, 0.15) is 0 Å². The summed E-state index contributed by atoms with van der Waals surface area (Å²) in [5.74, 6) is -0.508. The van der Waals surface area contributed by atoms with Crippen molar-refractivity contribution in [2.45, 2.75) is 5.51 Å². The Morgan fingerprint density at radius 1 is 1.11 bits per heavy atom. The minimum absolute atomic E-state index is 0.0509. The number of alkyl halides is 3. The number of nitrogens with one attached hydrogen (secondary N) is 1. The molecule has 0 aliphatic carbocycles. The van der Waals surface area contributed by atoms with E-state index in [0.29, 0.717) is 0 Å². The zero-order valence-electron chi connectivity index (χ0n) is 9.06. The van der Waals surface area contributed by atoms with Crippen LogP contribution in [0, 0.1) is 0 Å². The highest BCUT2D eigenvalue weighted by Crippen LogP contribution is 2.30. The molecule has 19 heavy (non-hydrogen) atoms. The lowest BCUT2D eigenvalue weighted by Crippen LogP contribution is -2.28. The van der Waals surface area contributed by atoms with Gasteiger partial charge in [-0.2, -0.15) is 21.6 Å². The van der Waals surface area contributed by atoms with Crippen LogP contribution in [0.4, 0.5) is 13.2 Å². The molecular formula is C10H6F3NO4S. The molecule has 0 saturated carbocycles. The quantitative estimate of drug-likeness (QED) is 0.676. The summed E-state index contributed by atoms with van der Waals surface area (Å²) in [5, 5.41) is 0.0509. The third-order valence-electron chi connectivity index (χ3n) is 2.21. The van der Waals surface area contributed by atoms with E-state index in [4.69, 9.17) is 0 Å². The fourth-order valence-electron chi connectivity index (χ4n) is 1.40. The Morgan fingerprint density at radius 3 is 2.42 bits per heavy atom. The number of H-pyrrole nitrogens is 1. The molecule has 2 rings (SSSR count). The summed E-state index contributed by atoms with van der Waals surface area (Å²) in [6.07, 6.45) is 0. The molecule has 0 unspecified atom stereocenters. The molecule has 1 heterocycles. The largest absolute Gasteiger partial charge is 0.534 e. The lowest BCUT2D eigenvalue weighted by atomic mass is 10.2. The monoisotopic (exact) mass is 293 g/mol. The van der Waals surface area contributed by atoms with Crippen LogP contribution in [0.15, 0.2) is 35.1 Å². The molecule has 0 spiro atoms. The normalized spacial score (nSPS) is 12.6. The number of rotatable bonds is 2. The number of benzene rings is 1. The Labute approximate surface area is 104 Å². The van der Waals surface area contributed by atoms with E-state index in [0.717, 1.165) is 12.1 Å². The molecule has 1 aromatic heterocycles. The first kappa shape index (κ1) is 13.4. The van der Waals surface area contributed by atoms with Crippen molar-refractivity contribution in [2.24, 2.45) is 0 Å². The zero-order chi connectivity index (χ0) is 14.3. The van der Waals surface area contributed by atoms with Crippen molar-refractivity contribution < 1.29 is 25.8 Å². The molecule has 1 aromatic carbocycles. The van der Waals surface area contributed by atoms with Crippen molar-refractivity contribution in [2.75, 3.05) is 0 Å². The number of hydrogen-bond acceptors (Lipinski definition) is 4. The van der Waals surface area contributed by atoms with Gasteiger partial charge in [-0.05, 0) is 18.2 Å². The maximum atomic E-state index is 12.2. The van der Waals surface area contributed by atoms with Crippen LogP contribution >= 0.6 is 0 Å². The van der Waals surface area contributed by atoms with Gasteiger partial charge in [0.15, 0.2) is 5.75 Å². The topological polar surface area (TPSA) is 76.2 Å². The third kappa shape index (κ3) is 2.55. The third-order valence-corrected chi connectivity index (χ3v) is 3.17. The minimum atomic E-state index is -5.74. The number of halogens is 3. The zero-order valence-corrected chi connectivity index (χ0v) is 9.88. The predicted octanol–water partition coefficient (Wildman–Crippen LogP) is 1.76. The van der Waals surface area contributed by atoms with E-state index >= 15 is 0 Å². The fourth-order valence-corrected chi connectivity index (χ4v) is 1.87. The average molecular weight is 293 g/mol. The first-order valence-corrected chi connectivity index (χ1v) is 6.24. The molecule has 0 amide bonds. The van der Waals surface area contributed by atoms with Gasteiger partial charge in [0.2, 0.25) is 5.56 Å². The van der Waals surface area contributed by atoms with Gasteiger partial charge in [0.25, 0.3) is 0 Å². The van der Waals surface area contributed by atoms with E-state index in [-0.39, 0.29) is 10.9 Å². The van der Waals surface area contributed by atoms with Gasteiger partial charge < -0.3 is 9.17 Å². The molecule has 9 heteroatoms. The second-order valence-electron chi connectivity index (χ2n) is 3.52. The van der Waals surface area contributed by atoms with Gasteiger partial charge in [-0.3, -0.25) is 4.79 Å². The lowest BCUT2D eigenvalue weighted by Gasteiger charge is -2.10. The van der Waals surface area contributed by atoms with Crippen molar-refractivity contribution in [3.8, 4) is 5.75 Å². The lowest BCUT2D eigenvalue weighted by molar-refractivity contribution is -0.0499. The number of aromatic nitrogens is 1. The van der Waals surface area contributed by atoms with Gasteiger partial charge in [-0.15, -0.1) is 0 Å². The molecular weight excluding hydrogens is 287 g/mol. The Hall–Kier alpha value is -2.03. The number of fused-ring (bicyclic) bond motifs is 1. The summed E-state index contributed by atoms with van der Waals surface area (Å²) in [4.78, 5) is 13.4. The second kappa shape index (κ2) is 4.26. The molecule has 2 aromatic rings. The molecule has 0 saturated heterocycles. The molecule has 0 aliphatic heterocycles. The SMILES string of the molecule is O=c1ccc2c(OS(=O)(=O)C(F)(F)F)cccc2[nH]1. The van der Waals surface area contributed by atoms with E-state index in [1.165, 1.54) is 18.2 Å². The van der Waals surface area contributed by atoms with Crippen LogP contribution < -0.4 is 9.74 Å². The van der Waals surface area contributed by atoms with Crippen molar-refractivity contribution in [3.63, 3.8) is 0 Å². The van der Waals surface area contributed by atoms with E-state index in [1.54, 1.807) is 0 Å². The first-order chi connectivity index (χ1) is 8.71. The summed E-state index contributed by atoms with van der Waals surface area (Å²) in [7, 11) is -5.74. The van der Waals surface area contributed by atoms with E-state index in [2.05, 4.69) is 9.17 Å². The standard InChI is InChI=1S/C10H6F3NO4S/c11-10(12,13)19(16,17)18-8-3-1-2-7-6(8)4-5-9(15)14-7/h1-5H,(H,14,15). The van der Waals surface area contributed by atoms with Gasteiger partial charge in [0, 0.05) is 11.5 Å². The average Bonchev–Trinajstić information content (AvgIpc) is 2.26.